The summed E-state index contributed by atoms with van der Waals surface area (Å²) in [6.45, 7) is 6.99. The van der Waals surface area contributed by atoms with Crippen molar-refractivity contribution in [2.45, 2.75) is 31.7 Å². The molecule has 1 N–H and O–H groups in total. The van der Waals surface area contributed by atoms with Crippen LogP contribution >= 0.6 is 0 Å². The molecule has 0 aliphatic carbocycles. The van der Waals surface area contributed by atoms with Crippen LogP contribution in [0.4, 0.5) is 11.4 Å². The third-order valence-corrected chi connectivity index (χ3v) is 6.08. The van der Waals surface area contributed by atoms with Gasteiger partial charge in [0.1, 0.15) is 0 Å². The molecule has 0 atom stereocenters. The van der Waals surface area contributed by atoms with Gasteiger partial charge >= 0.3 is 0 Å². The molecule has 0 fully saturated rings. The van der Waals surface area contributed by atoms with Crippen molar-refractivity contribution >= 4 is 27.3 Å². The predicted octanol–water partition coefficient (Wildman–Crippen LogP) is 3.18. The second-order valence-corrected chi connectivity index (χ2v) is 8.59. The fraction of sp³-hybridized carbons (Fsp3) is 0.350. The van der Waals surface area contributed by atoms with Crippen LogP contribution in [0.25, 0.3) is 0 Å². The highest BCUT2D eigenvalue weighted by Gasteiger charge is 2.22. The largest absolute Gasteiger partial charge is 0.369 e. The molecule has 2 aromatic carbocycles. The average molecular weight is 390 g/mol. The van der Waals surface area contributed by atoms with E-state index in [9.17, 15) is 13.2 Å². The van der Waals surface area contributed by atoms with E-state index >= 15 is 0 Å². The summed E-state index contributed by atoms with van der Waals surface area (Å²) in [7, 11) is -2.30. The number of carbonyl (C=O) groups excluding carboxylic acids is 1. The Kier molecular flexibility index (Phi) is 6.98. The molecule has 1 amide bonds. The van der Waals surface area contributed by atoms with Crippen LogP contribution in [0, 0.1) is 0 Å². The topological polar surface area (TPSA) is 69.7 Å². The normalized spacial score (nSPS) is 11.6. The fourth-order valence-electron chi connectivity index (χ4n) is 2.84. The van der Waals surface area contributed by atoms with Gasteiger partial charge < -0.3 is 10.2 Å². The lowest BCUT2D eigenvalue weighted by Crippen LogP contribution is -2.35. The number of hydrogen-bond acceptors (Lipinski definition) is 4. The van der Waals surface area contributed by atoms with Gasteiger partial charge in [-0.1, -0.05) is 18.2 Å². The number of rotatable bonds is 8. The molecule has 27 heavy (non-hydrogen) atoms. The van der Waals surface area contributed by atoms with Gasteiger partial charge in [-0.2, -0.15) is 4.31 Å². The Labute approximate surface area is 161 Å². The molecule has 7 heteroatoms. The Hall–Kier alpha value is -2.38. The molecular formula is C20H27N3O3S. The van der Waals surface area contributed by atoms with Crippen LogP contribution in [0.1, 0.15) is 20.8 Å². The molecule has 0 radical (unpaired) electrons. The lowest BCUT2D eigenvalue weighted by Gasteiger charge is -2.27. The third kappa shape index (κ3) is 5.30. The lowest BCUT2D eigenvalue weighted by molar-refractivity contribution is -0.116. The Morgan fingerprint density at radius 3 is 2.15 bits per heavy atom. The van der Waals surface area contributed by atoms with E-state index in [0.29, 0.717) is 11.7 Å². The van der Waals surface area contributed by atoms with Gasteiger partial charge in [0, 0.05) is 31.0 Å². The first-order chi connectivity index (χ1) is 12.8. The van der Waals surface area contributed by atoms with E-state index in [0.717, 1.165) is 16.5 Å². The Bertz CT molecular complexity index is 850. The van der Waals surface area contributed by atoms with Crippen molar-refractivity contribution in [3.63, 3.8) is 0 Å². The Morgan fingerprint density at radius 1 is 1.04 bits per heavy atom. The van der Waals surface area contributed by atoms with Crippen LogP contribution in [0.2, 0.25) is 0 Å². The number of benzene rings is 2. The summed E-state index contributed by atoms with van der Waals surface area (Å²) < 4.78 is 26.0. The summed E-state index contributed by atoms with van der Waals surface area (Å²) >= 11 is 0. The monoisotopic (exact) mass is 389 g/mol. The number of anilines is 2. The molecule has 0 heterocycles. The molecule has 0 aliphatic rings. The maximum absolute atomic E-state index is 12.5. The molecule has 146 valence electrons. The Morgan fingerprint density at radius 2 is 1.63 bits per heavy atom. The third-order valence-electron chi connectivity index (χ3n) is 4.26. The molecule has 0 spiro atoms. The zero-order chi connectivity index (χ0) is 20.0. The molecule has 6 nitrogen and oxygen atoms in total. The van der Waals surface area contributed by atoms with Gasteiger partial charge in [-0.25, -0.2) is 8.42 Å². The van der Waals surface area contributed by atoms with Gasteiger partial charge in [0.15, 0.2) is 0 Å². The Balaban J connectivity index is 2.01. The second kappa shape index (κ2) is 9.01. The van der Waals surface area contributed by atoms with Crippen molar-refractivity contribution in [2.75, 3.05) is 30.4 Å². The summed E-state index contributed by atoms with van der Waals surface area (Å²) in [6.07, 6.45) is 0. The minimum atomic E-state index is -3.69. The number of nitrogens with one attached hydrogen (secondary N) is 1. The summed E-state index contributed by atoms with van der Waals surface area (Å²) in [5.74, 6) is -0.388. The van der Waals surface area contributed by atoms with Crippen LogP contribution in [-0.4, -0.2) is 44.8 Å². The van der Waals surface area contributed by atoms with Gasteiger partial charge in [0.25, 0.3) is 0 Å². The van der Waals surface area contributed by atoms with E-state index < -0.39 is 10.0 Å². The number of carbonyl (C=O) groups is 1. The molecule has 0 aromatic heterocycles. The van der Waals surface area contributed by atoms with Crippen LogP contribution in [0.5, 0.6) is 0 Å². The van der Waals surface area contributed by atoms with Crippen LogP contribution in [0.3, 0.4) is 0 Å². The molecule has 0 bridgehead atoms. The minimum Gasteiger partial charge on any atom is -0.369 e. The first-order valence-corrected chi connectivity index (χ1v) is 10.4. The van der Waals surface area contributed by atoms with E-state index in [1.807, 2.05) is 24.3 Å². The summed E-state index contributed by atoms with van der Waals surface area (Å²) in [6, 6.07) is 16.0. The average Bonchev–Trinajstić information content (AvgIpc) is 2.64. The van der Waals surface area contributed by atoms with Gasteiger partial charge in [-0.15, -0.1) is 0 Å². The maximum atomic E-state index is 12.5. The van der Waals surface area contributed by atoms with Gasteiger partial charge in [-0.3, -0.25) is 4.79 Å². The molecule has 0 saturated carbocycles. The highest BCUT2D eigenvalue weighted by molar-refractivity contribution is 7.89. The highest BCUT2D eigenvalue weighted by Crippen LogP contribution is 2.20. The lowest BCUT2D eigenvalue weighted by atomic mass is 10.2. The van der Waals surface area contributed by atoms with Crippen molar-refractivity contribution in [3.05, 3.63) is 54.6 Å². The molecule has 0 aliphatic heterocycles. The van der Waals surface area contributed by atoms with Crippen molar-refractivity contribution in [1.82, 2.24) is 4.31 Å². The molecule has 2 rings (SSSR count). The molecule has 0 unspecified atom stereocenters. The standard InChI is InChI=1S/C20H27N3O3S/c1-5-23(16(2)3)18-13-11-17(12-14-18)21-20(24)15-22(4)27(25,26)19-9-7-6-8-10-19/h6-14,16H,5,15H2,1-4H3,(H,21,24). The van der Waals surface area contributed by atoms with Crippen molar-refractivity contribution in [1.29, 1.82) is 0 Å². The summed E-state index contributed by atoms with van der Waals surface area (Å²) in [5.41, 5.74) is 1.71. The number of sulfonamides is 1. The molecule has 0 saturated heterocycles. The van der Waals surface area contributed by atoms with Crippen LogP contribution in [-0.2, 0) is 14.8 Å². The van der Waals surface area contributed by atoms with Gasteiger partial charge in [-0.05, 0) is 57.2 Å². The van der Waals surface area contributed by atoms with Crippen LogP contribution < -0.4 is 10.2 Å². The van der Waals surface area contributed by atoms with Crippen molar-refractivity contribution < 1.29 is 13.2 Å². The van der Waals surface area contributed by atoms with E-state index in [1.165, 1.54) is 19.2 Å². The van der Waals surface area contributed by atoms with E-state index in [-0.39, 0.29) is 17.3 Å². The fourth-order valence-corrected chi connectivity index (χ4v) is 3.99. The number of nitrogens with zero attached hydrogens (tertiary/aromatic N) is 2. The smallest absolute Gasteiger partial charge is 0.243 e. The number of hydrogen-bond donors (Lipinski definition) is 1. The quantitative estimate of drug-likeness (QED) is 0.753. The zero-order valence-corrected chi connectivity index (χ0v) is 17.0. The van der Waals surface area contributed by atoms with Gasteiger partial charge in [0.05, 0.1) is 11.4 Å². The number of amides is 1. The van der Waals surface area contributed by atoms with E-state index in [2.05, 4.69) is 31.0 Å². The highest BCUT2D eigenvalue weighted by atomic mass is 32.2. The summed E-state index contributed by atoms with van der Waals surface area (Å²) in [4.78, 5) is 14.7. The maximum Gasteiger partial charge on any atom is 0.243 e. The van der Waals surface area contributed by atoms with Crippen molar-refractivity contribution in [3.8, 4) is 0 Å². The SMILES string of the molecule is CCN(c1ccc(NC(=O)CN(C)S(=O)(=O)c2ccccc2)cc1)C(C)C. The molecular weight excluding hydrogens is 362 g/mol. The van der Waals surface area contributed by atoms with Gasteiger partial charge in [0.2, 0.25) is 15.9 Å². The van der Waals surface area contributed by atoms with E-state index in [1.54, 1.807) is 18.2 Å². The first-order valence-electron chi connectivity index (χ1n) is 8.93. The zero-order valence-electron chi connectivity index (χ0n) is 16.2. The number of likely N-dealkylation sites (N-methyl/N-ethyl adjacent to an activating group) is 1. The predicted molar refractivity (Wildman–Crippen MR) is 109 cm³/mol. The summed E-state index contributed by atoms with van der Waals surface area (Å²) in [5, 5.41) is 2.75. The van der Waals surface area contributed by atoms with E-state index in [4.69, 9.17) is 0 Å². The second-order valence-electron chi connectivity index (χ2n) is 6.55. The minimum absolute atomic E-state index is 0.165. The van der Waals surface area contributed by atoms with Crippen LogP contribution in [0.15, 0.2) is 59.5 Å². The van der Waals surface area contributed by atoms with Crippen molar-refractivity contribution in [2.24, 2.45) is 0 Å². The molecule has 2 aromatic rings. The first kappa shape index (κ1) is 20.9.